The lowest BCUT2D eigenvalue weighted by atomic mass is 10.1. The van der Waals surface area contributed by atoms with Gasteiger partial charge in [-0.3, -0.25) is 0 Å². The van der Waals surface area contributed by atoms with Crippen LogP contribution in [0, 0.1) is 0 Å². The summed E-state index contributed by atoms with van der Waals surface area (Å²) in [5.41, 5.74) is 1.34. The number of hydrogen-bond donors (Lipinski definition) is 1. The molecule has 0 bridgehead atoms. The largest absolute Gasteiger partial charge is 0.494 e. The Labute approximate surface area is 167 Å². The van der Waals surface area contributed by atoms with Crippen molar-refractivity contribution in [1.29, 1.82) is 0 Å². The number of likely N-dealkylation sites (tertiary alicyclic amines) is 1. The lowest BCUT2D eigenvalue weighted by Crippen LogP contribution is -2.29. The van der Waals surface area contributed by atoms with Crippen LogP contribution >= 0.6 is 0 Å². The molecule has 1 aromatic carbocycles. The summed E-state index contributed by atoms with van der Waals surface area (Å²) < 4.78 is 5.89. The normalized spacial score (nSPS) is 14.7. The quantitative estimate of drug-likeness (QED) is 0.371. The molecule has 1 aromatic rings. The zero-order valence-corrected chi connectivity index (χ0v) is 17.7. The van der Waals surface area contributed by atoms with Crippen molar-refractivity contribution in [1.82, 2.24) is 10.2 Å². The summed E-state index contributed by atoms with van der Waals surface area (Å²) >= 11 is 0. The molecule has 0 radical (unpaired) electrons. The summed E-state index contributed by atoms with van der Waals surface area (Å²) in [5, 5.41) is 3.55. The van der Waals surface area contributed by atoms with E-state index >= 15 is 0 Å². The Bertz CT molecular complexity index is 454. The van der Waals surface area contributed by atoms with Gasteiger partial charge in [0.15, 0.2) is 0 Å². The summed E-state index contributed by atoms with van der Waals surface area (Å²) in [6, 6.07) is 8.61. The van der Waals surface area contributed by atoms with Crippen LogP contribution in [0.3, 0.4) is 0 Å². The van der Waals surface area contributed by atoms with Crippen LogP contribution in [0.4, 0.5) is 0 Å². The van der Waals surface area contributed by atoms with E-state index in [1.165, 1.54) is 95.8 Å². The fourth-order valence-corrected chi connectivity index (χ4v) is 3.78. The highest BCUT2D eigenvalue weighted by atomic mass is 16.5. The number of nitrogens with one attached hydrogen (secondary N) is 1. The van der Waals surface area contributed by atoms with Crippen molar-refractivity contribution in [3.63, 3.8) is 0 Å². The minimum Gasteiger partial charge on any atom is -0.494 e. The maximum atomic E-state index is 5.89. The van der Waals surface area contributed by atoms with E-state index in [2.05, 4.69) is 41.4 Å². The Morgan fingerprint density at radius 1 is 0.852 bits per heavy atom. The fourth-order valence-electron chi connectivity index (χ4n) is 3.78. The van der Waals surface area contributed by atoms with Gasteiger partial charge in [0.2, 0.25) is 0 Å². The molecule has 0 spiro atoms. The standard InChI is InChI=1S/C24H42N2O/c1-2-3-4-5-6-7-8-9-12-21-27-24-15-13-23(14-16-24)22-25-17-20-26-18-10-11-19-26/h13-16,25H,2-12,17-22H2,1H3. The predicted octanol–water partition coefficient (Wildman–Crippen LogP) is 5.78. The van der Waals surface area contributed by atoms with Gasteiger partial charge in [-0.1, -0.05) is 70.4 Å². The van der Waals surface area contributed by atoms with E-state index in [0.717, 1.165) is 25.4 Å². The highest BCUT2D eigenvalue weighted by Gasteiger charge is 2.09. The van der Waals surface area contributed by atoms with E-state index in [-0.39, 0.29) is 0 Å². The van der Waals surface area contributed by atoms with Crippen LogP contribution in [-0.4, -0.2) is 37.7 Å². The van der Waals surface area contributed by atoms with Gasteiger partial charge in [-0.05, 0) is 50.0 Å². The Balaban J connectivity index is 1.43. The molecule has 1 saturated heterocycles. The van der Waals surface area contributed by atoms with Crippen LogP contribution in [0.2, 0.25) is 0 Å². The van der Waals surface area contributed by atoms with Gasteiger partial charge >= 0.3 is 0 Å². The third-order valence-electron chi connectivity index (χ3n) is 5.57. The van der Waals surface area contributed by atoms with Gasteiger partial charge in [0, 0.05) is 19.6 Å². The van der Waals surface area contributed by atoms with Gasteiger partial charge in [0.1, 0.15) is 5.75 Å². The van der Waals surface area contributed by atoms with E-state index < -0.39 is 0 Å². The zero-order valence-electron chi connectivity index (χ0n) is 17.7. The molecule has 27 heavy (non-hydrogen) atoms. The maximum absolute atomic E-state index is 5.89. The number of ether oxygens (including phenoxy) is 1. The van der Waals surface area contributed by atoms with E-state index in [4.69, 9.17) is 4.74 Å². The van der Waals surface area contributed by atoms with Crippen molar-refractivity contribution < 1.29 is 4.74 Å². The van der Waals surface area contributed by atoms with Crippen molar-refractivity contribution in [2.45, 2.75) is 84.1 Å². The lowest BCUT2D eigenvalue weighted by Gasteiger charge is -2.14. The monoisotopic (exact) mass is 374 g/mol. The smallest absolute Gasteiger partial charge is 0.119 e. The minimum absolute atomic E-state index is 0.850. The van der Waals surface area contributed by atoms with Crippen LogP contribution in [0.5, 0.6) is 5.75 Å². The fraction of sp³-hybridized carbons (Fsp3) is 0.750. The van der Waals surface area contributed by atoms with Crippen LogP contribution < -0.4 is 10.1 Å². The molecular weight excluding hydrogens is 332 g/mol. The predicted molar refractivity (Wildman–Crippen MR) is 117 cm³/mol. The average molecular weight is 375 g/mol. The first-order chi connectivity index (χ1) is 13.4. The molecule has 0 unspecified atom stereocenters. The summed E-state index contributed by atoms with van der Waals surface area (Å²) in [6.07, 6.45) is 15.0. The highest BCUT2D eigenvalue weighted by Crippen LogP contribution is 2.14. The molecule has 1 aliphatic heterocycles. The molecule has 3 heteroatoms. The summed E-state index contributed by atoms with van der Waals surface area (Å²) in [5.74, 6) is 1.01. The number of unbranched alkanes of at least 4 members (excludes halogenated alkanes) is 8. The SMILES string of the molecule is CCCCCCCCCCCOc1ccc(CNCCN2CCCC2)cc1. The van der Waals surface area contributed by atoms with E-state index in [1.54, 1.807) is 0 Å². The first kappa shape index (κ1) is 22.2. The van der Waals surface area contributed by atoms with E-state index in [1.807, 2.05) is 0 Å². The third kappa shape index (κ3) is 10.8. The van der Waals surface area contributed by atoms with Gasteiger partial charge in [0.05, 0.1) is 6.61 Å². The Kier molecular flexibility index (Phi) is 12.3. The molecule has 2 rings (SSSR count). The molecule has 1 aliphatic rings. The lowest BCUT2D eigenvalue weighted by molar-refractivity contribution is 0.304. The summed E-state index contributed by atoms with van der Waals surface area (Å²) in [7, 11) is 0. The molecule has 3 nitrogen and oxygen atoms in total. The zero-order chi connectivity index (χ0) is 19.0. The maximum Gasteiger partial charge on any atom is 0.119 e. The molecule has 0 atom stereocenters. The minimum atomic E-state index is 0.850. The second kappa shape index (κ2) is 14.9. The topological polar surface area (TPSA) is 24.5 Å². The number of nitrogens with zero attached hydrogens (tertiary/aromatic N) is 1. The van der Waals surface area contributed by atoms with Gasteiger partial charge in [-0.15, -0.1) is 0 Å². The van der Waals surface area contributed by atoms with Crippen LogP contribution in [-0.2, 0) is 6.54 Å². The molecule has 0 amide bonds. The van der Waals surface area contributed by atoms with Crippen LogP contribution in [0.25, 0.3) is 0 Å². The van der Waals surface area contributed by atoms with Gasteiger partial charge in [-0.25, -0.2) is 0 Å². The van der Waals surface area contributed by atoms with Gasteiger partial charge in [-0.2, -0.15) is 0 Å². The first-order valence-corrected chi connectivity index (χ1v) is 11.5. The third-order valence-corrected chi connectivity index (χ3v) is 5.57. The Hall–Kier alpha value is -1.06. The van der Waals surface area contributed by atoms with Crippen molar-refractivity contribution in [3.05, 3.63) is 29.8 Å². The molecule has 1 N–H and O–H groups in total. The molecule has 1 fully saturated rings. The first-order valence-electron chi connectivity index (χ1n) is 11.5. The number of benzene rings is 1. The van der Waals surface area contributed by atoms with Gasteiger partial charge < -0.3 is 15.0 Å². The van der Waals surface area contributed by atoms with Crippen molar-refractivity contribution >= 4 is 0 Å². The molecule has 0 aromatic heterocycles. The summed E-state index contributed by atoms with van der Waals surface area (Å²) in [4.78, 5) is 2.55. The van der Waals surface area contributed by atoms with Gasteiger partial charge in [0.25, 0.3) is 0 Å². The number of rotatable bonds is 16. The second-order valence-corrected chi connectivity index (χ2v) is 8.05. The van der Waals surface area contributed by atoms with E-state index in [9.17, 15) is 0 Å². The average Bonchev–Trinajstić information content (AvgIpc) is 3.21. The molecular formula is C24H42N2O. The van der Waals surface area contributed by atoms with E-state index in [0.29, 0.717) is 0 Å². The van der Waals surface area contributed by atoms with Crippen LogP contribution in [0.15, 0.2) is 24.3 Å². The summed E-state index contributed by atoms with van der Waals surface area (Å²) in [6.45, 7) is 8.91. The second-order valence-electron chi connectivity index (χ2n) is 8.05. The highest BCUT2D eigenvalue weighted by molar-refractivity contribution is 5.27. The van der Waals surface area contributed by atoms with Crippen molar-refractivity contribution in [3.8, 4) is 5.75 Å². The molecule has 0 saturated carbocycles. The Morgan fingerprint density at radius 2 is 1.48 bits per heavy atom. The number of hydrogen-bond acceptors (Lipinski definition) is 3. The van der Waals surface area contributed by atoms with Crippen LogP contribution in [0.1, 0.15) is 83.1 Å². The molecule has 154 valence electrons. The van der Waals surface area contributed by atoms with Crippen molar-refractivity contribution in [2.75, 3.05) is 32.8 Å². The molecule has 0 aliphatic carbocycles. The Morgan fingerprint density at radius 3 is 2.15 bits per heavy atom. The molecule has 1 heterocycles. The van der Waals surface area contributed by atoms with Crippen molar-refractivity contribution in [2.24, 2.45) is 0 Å².